The predicted molar refractivity (Wildman–Crippen MR) is 73.1 cm³/mol. The molecule has 1 heterocycles. The van der Waals surface area contributed by atoms with Gasteiger partial charge in [0.15, 0.2) is 0 Å². The van der Waals surface area contributed by atoms with E-state index in [0.29, 0.717) is 12.0 Å². The third-order valence-electron chi connectivity index (χ3n) is 3.58. The highest BCUT2D eigenvalue weighted by Crippen LogP contribution is 2.41. The van der Waals surface area contributed by atoms with Crippen molar-refractivity contribution in [3.05, 3.63) is 42.0 Å². The van der Waals surface area contributed by atoms with Crippen molar-refractivity contribution in [1.82, 2.24) is 0 Å². The molecule has 0 bridgehead atoms. The smallest absolute Gasteiger partial charge is 0.396 e. The summed E-state index contributed by atoms with van der Waals surface area (Å²) >= 11 is 0. The number of carbonyl (C=O) groups is 1. The molecule has 0 saturated heterocycles. The van der Waals surface area contributed by atoms with Crippen LogP contribution in [0.1, 0.15) is 31.7 Å². The summed E-state index contributed by atoms with van der Waals surface area (Å²) in [5, 5.41) is 0. The Labute approximate surface area is 121 Å². The fourth-order valence-corrected chi connectivity index (χ4v) is 2.45. The Morgan fingerprint density at radius 2 is 1.86 bits per heavy atom. The van der Waals surface area contributed by atoms with Crippen molar-refractivity contribution in [2.45, 2.75) is 32.4 Å². The minimum atomic E-state index is -4.45. The molecule has 2 atom stereocenters. The number of unbranched alkanes of at least 4 members (excludes halogenated alkanes) is 1. The zero-order chi connectivity index (χ0) is 15.5. The topological polar surface area (TPSA) is 26.3 Å². The molecule has 1 aromatic carbocycles. The lowest BCUT2D eigenvalue weighted by atomic mass is 9.84. The fourth-order valence-electron chi connectivity index (χ4n) is 2.45. The summed E-state index contributed by atoms with van der Waals surface area (Å²) in [6.45, 7) is 1.88. The van der Waals surface area contributed by atoms with E-state index in [-0.39, 0.29) is 12.2 Å². The van der Waals surface area contributed by atoms with Crippen molar-refractivity contribution in [1.29, 1.82) is 0 Å². The number of hydrogen-bond donors (Lipinski definition) is 0. The molecular formula is C16H17F3O2. The highest BCUT2D eigenvalue weighted by Gasteiger charge is 2.49. The molecule has 0 N–H and O–H groups in total. The molecule has 0 aromatic heterocycles. The molecule has 5 heteroatoms. The molecule has 0 radical (unpaired) electrons. The summed E-state index contributed by atoms with van der Waals surface area (Å²) in [5.41, 5.74) is 0.481. The second-order valence-corrected chi connectivity index (χ2v) is 5.13. The van der Waals surface area contributed by atoms with Gasteiger partial charge < -0.3 is 4.74 Å². The van der Waals surface area contributed by atoms with E-state index in [1.54, 1.807) is 30.3 Å². The van der Waals surface area contributed by atoms with Gasteiger partial charge in [-0.05, 0) is 12.5 Å². The van der Waals surface area contributed by atoms with Crippen LogP contribution in [0.15, 0.2) is 36.4 Å². The minimum absolute atomic E-state index is 0.00401. The SMILES string of the molecule is CCCC[C@@H]1C(=O)OC(c2ccccc2)=C[C@@H]1C(F)(F)F. The monoisotopic (exact) mass is 298 g/mol. The van der Waals surface area contributed by atoms with Crippen LogP contribution in [0.4, 0.5) is 13.2 Å². The van der Waals surface area contributed by atoms with Crippen LogP contribution in [-0.2, 0) is 9.53 Å². The van der Waals surface area contributed by atoms with Gasteiger partial charge in [-0.1, -0.05) is 50.1 Å². The summed E-state index contributed by atoms with van der Waals surface area (Å²) in [6, 6.07) is 8.38. The van der Waals surface area contributed by atoms with E-state index >= 15 is 0 Å². The van der Waals surface area contributed by atoms with Crippen molar-refractivity contribution < 1.29 is 22.7 Å². The lowest BCUT2D eigenvalue weighted by molar-refractivity contribution is -0.188. The Hall–Kier alpha value is -1.78. The summed E-state index contributed by atoms with van der Waals surface area (Å²) in [5.74, 6) is -3.71. The van der Waals surface area contributed by atoms with Crippen LogP contribution in [0.5, 0.6) is 0 Å². The zero-order valence-electron chi connectivity index (χ0n) is 11.7. The van der Waals surface area contributed by atoms with Crippen LogP contribution < -0.4 is 0 Å². The molecule has 1 aliphatic heterocycles. The van der Waals surface area contributed by atoms with Gasteiger partial charge in [-0.25, -0.2) is 0 Å². The van der Waals surface area contributed by atoms with Crippen molar-refractivity contribution in [2.24, 2.45) is 11.8 Å². The molecule has 0 saturated carbocycles. The molecule has 0 unspecified atom stereocenters. The lowest BCUT2D eigenvalue weighted by Crippen LogP contribution is -2.37. The third kappa shape index (κ3) is 3.65. The first-order valence-electron chi connectivity index (χ1n) is 6.99. The molecule has 21 heavy (non-hydrogen) atoms. The second kappa shape index (κ2) is 6.33. The van der Waals surface area contributed by atoms with Crippen molar-refractivity contribution in [2.75, 3.05) is 0 Å². The molecule has 0 amide bonds. The van der Waals surface area contributed by atoms with Gasteiger partial charge in [-0.3, -0.25) is 4.79 Å². The second-order valence-electron chi connectivity index (χ2n) is 5.13. The van der Waals surface area contributed by atoms with Gasteiger partial charge >= 0.3 is 12.1 Å². The van der Waals surface area contributed by atoms with E-state index in [0.717, 1.165) is 12.5 Å². The van der Waals surface area contributed by atoms with Crippen LogP contribution >= 0.6 is 0 Å². The maximum Gasteiger partial charge on any atom is 0.396 e. The quantitative estimate of drug-likeness (QED) is 0.761. The Balaban J connectivity index is 2.34. The van der Waals surface area contributed by atoms with Crippen LogP contribution in [0.3, 0.4) is 0 Å². The van der Waals surface area contributed by atoms with Crippen LogP contribution in [0.25, 0.3) is 5.76 Å². The van der Waals surface area contributed by atoms with E-state index in [2.05, 4.69) is 0 Å². The molecule has 0 fully saturated rings. The highest BCUT2D eigenvalue weighted by atomic mass is 19.4. The Morgan fingerprint density at radius 1 is 1.19 bits per heavy atom. The van der Waals surface area contributed by atoms with Gasteiger partial charge in [-0.15, -0.1) is 0 Å². The van der Waals surface area contributed by atoms with Gasteiger partial charge in [0.2, 0.25) is 0 Å². The number of cyclic esters (lactones) is 1. The standard InChI is InChI=1S/C16H17F3O2/c1-2-3-9-12-13(16(17,18)19)10-14(21-15(12)20)11-7-5-4-6-8-11/h4-8,10,12-13H,2-3,9H2,1H3/t12-,13-/m0/s1. The normalized spacial score (nSPS) is 22.7. The van der Waals surface area contributed by atoms with Gasteiger partial charge in [0, 0.05) is 5.56 Å². The molecule has 1 aliphatic rings. The number of benzene rings is 1. The minimum Gasteiger partial charge on any atom is -0.426 e. The maximum atomic E-state index is 13.2. The molecule has 1 aromatic rings. The zero-order valence-corrected chi connectivity index (χ0v) is 11.7. The largest absolute Gasteiger partial charge is 0.426 e. The summed E-state index contributed by atoms with van der Waals surface area (Å²) in [4.78, 5) is 12.0. The number of rotatable bonds is 4. The van der Waals surface area contributed by atoms with Crippen molar-refractivity contribution >= 4 is 11.7 Å². The van der Waals surface area contributed by atoms with E-state index in [1.165, 1.54) is 0 Å². The summed E-state index contributed by atoms with van der Waals surface area (Å²) in [7, 11) is 0. The number of allylic oxidation sites excluding steroid dienone is 1. The number of esters is 1. The fraction of sp³-hybridized carbons (Fsp3) is 0.438. The van der Waals surface area contributed by atoms with Gasteiger partial charge in [0.25, 0.3) is 0 Å². The Kier molecular flexibility index (Phi) is 4.70. The lowest BCUT2D eigenvalue weighted by Gasteiger charge is -2.30. The van der Waals surface area contributed by atoms with E-state index < -0.39 is 24.0 Å². The summed E-state index contributed by atoms with van der Waals surface area (Å²) in [6.07, 6.45) is -1.91. The number of alkyl halides is 3. The van der Waals surface area contributed by atoms with Crippen molar-refractivity contribution in [3.8, 4) is 0 Å². The van der Waals surface area contributed by atoms with Crippen LogP contribution in [0, 0.1) is 11.8 Å². The van der Waals surface area contributed by atoms with Gasteiger partial charge in [0.05, 0.1) is 11.8 Å². The average Bonchev–Trinajstić information content (AvgIpc) is 2.45. The Morgan fingerprint density at radius 3 is 2.43 bits per heavy atom. The van der Waals surface area contributed by atoms with Gasteiger partial charge in [0.1, 0.15) is 5.76 Å². The van der Waals surface area contributed by atoms with Crippen LogP contribution in [-0.4, -0.2) is 12.1 Å². The number of halogens is 3. The predicted octanol–water partition coefficient (Wildman–Crippen LogP) is 4.57. The van der Waals surface area contributed by atoms with E-state index in [4.69, 9.17) is 4.74 Å². The molecule has 0 aliphatic carbocycles. The first kappa shape index (κ1) is 15.6. The first-order valence-corrected chi connectivity index (χ1v) is 6.99. The summed E-state index contributed by atoms with van der Waals surface area (Å²) < 4.78 is 44.8. The Bertz CT molecular complexity index is 520. The molecule has 0 spiro atoms. The number of ether oxygens (including phenoxy) is 1. The number of carbonyl (C=O) groups excluding carboxylic acids is 1. The molecule has 2 rings (SSSR count). The molecular weight excluding hydrogens is 281 g/mol. The number of hydrogen-bond acceptors (Lipinski definition) is 2. The van der Waals surface area contributed by atoms with Crippen molar-refractivity contribution in [3.63, 3.8) is 0 Å². The van der Waals surface area contributed by atoms with Gasteiger partial charge in [-0.2, -0.15) is 13.2 Å². The van der Waals surface area contributed by atoms with E-state index in [9.17, 15) is 18.0 Å². The third-order valence-corrected chi connectivity index (χ3v) is 3.58. The molecule has 2 nitrogen and oxygen atoms in total. The first-order chi connectivity index (χ1) is 9.93. The maximum absolute atomic E-state index is 13.2. The molecule has 114 valence electrons. The van der Waals surface area contributed by atoms with Crippen LogP contribution in [0.2, 0.25) is 0 Å². The van der Waals surface area contributed by atoms with E-state index in [1.807, 2.05) is 6.92 Å². The highest BCUT2D eigenvalue weighted by molar-refractivity contribution is 5.83. The average molecular weight is 298 g/mol.